The molecule has 0 spiro atoms. The van der Waals surface area contributed by atoms with E-state index in [2.05, 4.69) is 6.07 Å². The minimum Gasteiger partial charge on any atom is -0.397 e. The molecule has 0 aliphatic heterocycles. The van der Waals surface area contributed by atoms with E-state index in [0.29, 0.717) is 0 Å². The highest BCUT2D eigenvalue weighted by atomic mass is 15.1. The fourth-order valence-corrected chi connectivity index (χ4v) is 0.828. The molecule has 0 amide bonds. The molecular formula is C8H11N2. The van der Waals surface area contributed by atoms with E-state index in [1.807, 2.05) is 37.2 Å². The number of nitrogens with zero attached hydrogens (tertiary/aromatic N) is 1. The molecule has 2 nitrogen and oxygen atoms in total. The van der Waals surface area contributed by atoms with Crippen molar-refractivity contribution in [3.05, 3.63) is 24.3 Å². The van der Waals surface area contributed by atoms with Gasteiger partial charge in [0.25, 0.3) is 0 Å². The summed E-state index contributed by atoms with van der Waals surface area (Å²) >= 11 is 0. The Kier molecular flexibility index (Phi) is 1.81. The van der Waals surface area contributed by atoms with Crippen LogP contribution in [0.3, 0.4) is 0 Å². The lowest BCUT2D eigenvalue weighted by atomic mass is 10.2. The van der Waals surface area contributed by atoms with E-state index < -0.39 is 0 Å². The third-order valence-corrected chi connectivity index (χ3v) is 1.31. The summed E-state index contributed by atoms with van der Waals surface area (Å²) in [5.74, 6) is 0. The predicted octanol–water partition coefficient (Wildman–Crippen LogP) is 1.13. The van der Waals surface area contributed by atoms with Gasteiger partial charge in [-0.3, -0.25) is 0 Å². The van der Waals surface area contributed by atoms with Crippen molar-refractivity contribution in [1.29, 1.82) is 0 Å². The molecule has 2 heteroatoms. The summed E-state index contributed by atoms with van der Waals surface area (Å²) in [5, 5.41) is 0. The molecule has 0 aromatic heterocycles. The van der Waals surface area contributed by atoms with E-state index in [-0.39, 0.29) is 0 Å². The Morgan fingerprint density at radius 2 is 2.20 bits per heavy atom. The second kappa shape index (κ2) is 2.60. The normalized spacial score (nSPS) is 9.40. The van der Waals surface area contributed by atoms with Crippen molar-refractivity contribution in [3.8, 4) is 0 Å². The maximum Gasteiger partial charge on any atom is 0.0675 e. The molecule has 0 aliphatic carbocycles. The molecule has 2 N–H and O–H groups in total. The van der Waals surface area contributed by atoms with Gasteiger partial charge >= 0.3 is 0 Å². The van der Waals surface area contributed by atoms with Crippen LogP contribution >= 0.6 is 0 Å². The molecule has 0 heterocycles. The Bertz CT molecular complexity index is 218. The van der Waals surface area contributed by atoms with Crippen LogP contribution in [0.5, 0.6) is 0 Å². The molecular weight excluding hydrogens is 124 g/mol. The van der Waals surface area contributed by atoms with Gasteiger partial charge in [-0.1, -0.05) is 12.1 Å². The monoisotopic (exact) mass is 135 g/mol. The van der Waals surface area contributed by atoms with Gasteiger partial charge in [-0.15, -0.1) is 0 Å². The minimum absolute atomic E-state index is 0.771. The highest BCUT2D eigenvalue weighted by Crippen LogP contribution is 2.18. The number of rotatable bonds is 1. The average molecular weight is 135 g/mol. The SMILES string of the molecule is CN(C)c1[c]cccc1N. The molecule has 10 heavy (non-hydrogen) atoms. The van der Waals surface area contributed by atoms with E-state index in [0.717, 1.165) is 11.4 Å². The molecule has 0 unspecified atom stereocenters. The van der Waals surface area contributed by atoms with Gasteiger partial charge in [-0.2, -0.15) is 0 Å². The van der Waals surface area contributed by atoms with Crippen LogP contribution in [0.15, 0.2) is 18.2 Å². The Labute approximate surface area is 61.3 Å². The molecule has 0 saturated heterocycles. The number of nitrogen functional groups attached to an aromatic ring is 1. The van der Waals surface area contributed by atoms with Crippen molar-refractivity contribution in [1.82, 2.24) is 0 Å². The largest absolute Gasteiger partial charge is 0.397 e. The number of hydrogen-bond acceptors (Lipinski definition) is 2. The van der Waals surface area contributed by atoms with Crippen LogP contribution in [0.4, 0.5) is 11.4 Å². The summed E-state index contributed by atoms with van der Waals surface area (Å²) in [6.45, 7) is 0. The second-order valence-corrected chi connectivity index (χ2v) is 2.37. The third-order valence-electron chi connectivity index (χ3n) is 1.31. The van der Waals surface area contributed by atoms with Crippen LogP contribution < -0.4 is 10.6 Å². The van der Waals surface area contributed by atoms with Crippen molar-refractivity contribution in [2.24, 2.45) is 0 Å². The molecule has 1 aromatic carbocycles. The summed E-state index contributed by atoms with van der Waals surface area (Å²) < 4.78 is 0. The molecule has 0 atom stereocenters. The lowest BCUT2D eigenvalue weighted by molar-refractivity contribution is 1.13. The predicted molar refractivity (Wildman–Crippen MR) is 44.0 cm³/mol. The van der Waals surface area contributed by atoms with Crippen LogP contribution in [0.1, 0.15) is 0 Å². The van der Waals surface area contributed by atoms with E-state index in [1.165, 1.54) is 0 Å². The van der Waals surface area contributed by atoms with Crippen molar-refractivity contribution >= 4 is 11.4 Å². The topological polar surface area (TPSA) is 29.3 Å². The van der Waals surface area contributed by atoms with Crippen LogP contribution in [0.2, 0.25) is 0 Å². The summed E-state index contributed by atoms with van der Waals surface area (Å²) in [6.07, 6.45) is 0. The number of para-hydroxylation sites is 1. The van der Waals surface area contributed by atoms with Gasteiger partial charge in [0.05, 0.1) is 11.4 Å². The molecule has 1 aromatic rings. The molecule has 1 radical (unpaired) electrons. The average Bonchev–Trinajstić information content (AvgIpc) is 1.88. The summed E-state index contributed by atoms with van der Waals surface area (Å²) in [7, 11) is 3.89. The maximum atomic E-state index is 5.65. The van der Waals surface area contributed by atoms with Crippen LogP contribution in [-0.4, -0.2) is 14.1 Å². The lowest BCUT2D eigenvalue weighted by Crippen LogP contribution is -2.10. The molecule has 0 fully saturated rings. The summed E-state index contributed by atoms with van der Waals surface area (Å²) in [4.78, 5) is 1.94. The number of benzene rings is 1. The zero-order chi connectivity index (χ0) is 7.56. The number of nitrogens with two attached hydrogens (primary N) is 1. The first-order valence-electron chi connectivity index (χ1n) is 3.15. The Hall–Kier alpha value is -1.18. The Morgan fingerprint density at radius 1 is 1.50 bits per heavy atom. The summed E-state index contributed by atoms with van der Waals surface area (Å²) in [6, 6.07) is 8.63. The second-order valence-electron chi connectivity index (χ2n) is 2.37. The Morgan fingerprint density at radius 3 is 2.60 bits per heavy atom. The van der Waals surface area contributed by atoms with E-state index in [9.17, 15) is 0 Å². The fraction of sp³-hybridized carbons (Fsp3) is 0.250. The lowest BCUT2D eigenvalue weighted by Gasteiger charge is -2.13. The molecule has 0 bridgehead atoms. The van der Waals surface area contributed by atoms with Gasteiger partial charge in [0.15, 0.2) is 0 Å². The molecule has 0 aliphatic rings. The zero-order valence-corrected chi connectivity index (χ0v) is 6.26. The molecule has 53 valence electrons. The number of hydrogen-bond donors (Lipinski definition) is 1. The van der Waals surface area contributed by atoms with Gasteiger partial charge in [-0.25, -0.2) is 0 Å². The number of anilines is 2. The fourth-order valence-electron chi connectivity index (χ4n) is 0.828. The van der Waals surface area contributed by atoms with Gasteiger partial charge in [0, 0.05) is 20.2 Å². The van der Waals surface area contributed by atoms with E-state index in [4.69, 9.17) is 5.73 Å². The first-order valence-corrected chi connectivity index (χ1v) is 3.15. The van der Waals surface area contributed by atoms with E-state index in [1.54, 1.807) is 0 Å². The van der Waals surface area contributed by atoms with Crippen molar-refractivity contribution < 1.29 is 0 Å². The standard InChI is InChI=1S/C8H11N2/c1-10(2)8-6-4-3-5-7(8)9/h3-5H,9H2,1-2H3. The smallest absolute Gasteiger partial charge is 0.0675 e. The van der Waals surface area contributed by atoms with Crippen LogP contribution in [0.25, 0.3) is 0 Å². The van der Waals surface area contributed by atoms with Crippen molar-refractivity contribution in [2.75, 3.05) is 24.7 Å². The van der Waals surface area contributed by atoms with E-state index >= 15 is 0 Å². The molecule has 0 saturated carbocycles. The van der Waals surface area contributed by atoms with Crippen LogP contribution in [-0.2, 0) is 0 Å². The maximum absolute atomic E-state index is 5.65. The highest BCUT2D eigenvalue weighted by molar-refractivity contribution is 5.65. The van der Waals surface area contributed by atoms with Crippen molar-refractivity contribution in [3.63, 3.8) is 0 Å². The van der Waals surface area contributed by atoms with Gasteiger partial charge in [-0.05, 0) is 6.07 Å². The zero-order valence-electron chi connectivity index (χ0n) is 6.26. The third kappa shape index (κ3) is 1.21. The van der Waals surface area contributed by atoms with Crippen molar-refractivity contribution in [2.45, 2.75) is 0 Å². The highest BCUT2D eigenvalue weighted by Gasteiger charge is 1.97. The minimum atomic E-state index is 0.771. The summed E-state index contributed by atoms with van der Waals surface area (Å²) in [5.41, 5.74) is 7.37. The van der Waals surface area contributed by atoms with Gasteiger partial charge in [0.1, 0.15) is 0 Å². The van der Waals surface area contributed by atoms with Gasteiger partial charge < -0.3 is 10.6 Å². The first-order chi connectivity index (χ1) is 4.72. The molecule has 1 rings (SSSR count). The van der Waals surface area contributed by atoms with Crippen LogP contribution in [0, 0.1) is 6.07 Å². The first kappa shape index (κ1) is 6.93. The quantitative estimate of drug-likeness (QED) is 0.585. The Balaban J connectivity index is 3.03. The van der Waals surface area contributed by atoms with Gasteiger partial charge in [0.2, 0.25) is 0 Å².